The van der Waals surface area contributed by atoms with Crippen molar-refractivity contribution in [1.82, 2.24) is 25.0 Å². The molecule has 2 aliphatic heterocycles. The van der Waals surface area contributed by atoms with Crippen molar-refractivity contribution in [3.05, 3.63) is 24.0 Å². The molecule has 0 saturated carbocycles. The van der Waals surface area contributed by atoms with Crippen LogP contribution < -0.4 is 9.80 Å². The van der Waals surface area contributed by atoms with Crippen LogP contribution in [0.2, 0.25) is 0 Å². The number of nitrogens with zero attached hydrogens (tertiary/aromatic N) is 6. The van der Waals surface area contributed by atoms with Crippen molar-refractivity contribution < 1.29 is 9.53 Å². The lowest BCUT2D eigenvalue weighted by Crippen LogP contribution is -2.44. The van der Waals surface area contributed by atoms with Crippen LogP contribution in [0.5, 0.6) is 0 Å². The van der Waals surface area contributed by atoms with Crippen LogP contribution in [0.4, 0.5) is 11.5 Å². The minimum Gasteiger partial charge on any atom is -0.377 e. The maximum Gasteiger partial charge on any atom is 0.227 e. The molecule has 3 aromatic heterocycles. The summed E-state index contributed by atoms with van der Waals surface area (Å²) in [5.74, 6) is 1.73. The van der Waals surface area contributed by atoms with Gasteiger partial charge in [-0.2, -0.15) is 14.9 Å². The monoisotopic (exact) mass is 395 g/mol. The van der Waals surface area contributed by atoms with Gasteiger partial charge in [0.1, 0.15) is 5.82 Å². The molecule has 29 heavy (non-hydrogen) atoms. The predicted octanol–water partition coefficient (Wildman–Crippen LogP) is 2.06. The summed E-state index contributed by atoms with van der Waals surface area (Å²) in [5.41, 5.74) is 2.54. The van der Waals surface area contributed by atoms with Gasteiger partial charge in [0.15, 0.2) is 11.5 Å². The molecule has 1 amide bonds. The number of amides is 1. The van der Waals surface area contributed by atoms with Gasteiger partial charge in [-0.05, 0) is 20.8 Å². The van der Waals surface area contributed by atoms with Crippen molar-refractivity contribution in [2.75, 3.05) is 29.6 Å². The van der Waals surface area contributed by atoms with Gasteiger partial charge in [-0.15, -0.1) is 0 Å². The Bertz CT molecular complexity index is 1060. The normalized spacial score (nSPS) is 20.0. The number of hydrogen-bond acceptors (Lipinski definition) is 6. The minimum absolute atomic E-state index is 0.0458. The van der Waals surface area contributed by atoms with E-state index in [1.54, 1.807) is 6.20 Å². The molecule has 1 N–H and O–H groups in total. The fraction of sp³-hybridized carbons (Fsp3) is 0.500. The first kappa shape index (κ1) is 18.1. The first-order valence-electron chi connectivity index (χ1n) is 10.1. The second kappa shape index (κ2) is 6.84. The highest BCUT2D eigenvalue weighted by molar-refractivity contribution is 6.06. The number of nitrogens with one attached hydrogen (secondary N) is 1. The number of carbonyl (C=O) groups is 1. The van der Waals surface area contributed by atoms with Crippen LogP contribution >= 0.6 is 0 Å². The van der Waals surface area contributed by atoms with E-state index in [1.165, 1.54) is 0 Å². The Kier molecular flexibility index (Phi) is 4.27. The average molecular weight is 395 g/mol. The van der Waals surface area contributed by atoms with Crippen LogP contribution in [0, 0.1) is 0 Å². The number of aromatic amines is 1. The summed E-state index contributed by atoms with van der Waals surface area (Å²) in [5, 5.41) is 12.8. The molecular formula is C20H25N7O2. The van der Waals surface area contributed by atoms with E-state index in [-0.39, 0.29) is 18.0 Å². The number of carbonyl (C=O) groups excluding carboxylic acids is 1. The largest absolute Gasteiger partial charge is 0.377 e. The van der Waals surface area contributed by atoms with Crippen molar-refractivity contribution in [2.24, 2.45) is 0 Å². The van der Waals surface area contributed by atoms with Crippen LogP contribution in [-0.4, -0.2) is 62.7 Å². The van der Waals surface area contributed by atoms with Crippen molar-refractivity contribution in [3.63, 3.8) is 0 Å². The highest BCUT2D eigenvalue weighted by atomic mass is 16.5. The number of aromatic nitrogens is 5. The molecule has 2 aliphatic rings. The zero-order valence-electron chi connectivity index (χ0n) is 16.9. The number of morpholine rings is 1. The molecule has 3 aromatic rings. The fourth-order valence-electron chi connectivity index (χ4n) is 4.31. The molecule has 0 aliphatic carbocycles. The third kappa shape index (κ3) is 2.88. The zero-order valence-corrected chi connectivity index (χ0v) is 16.9. The van der Waals surface area contributed by atoms with Crippen LogP contribution in [0.1, 0.15) is 32.9 Å². The van der Waals surface area contributed by atoms with E-state index < -0.39 is 0 Å². The van der Waals surface area contributed by atoms with Crippen molar-refractivity contribution >= 4 is 28.4 Å². The summed E-state index contributed by atoms with van der Waals surface area (Å²) in [7, 11) is 0. The lowest BCUT2D eigenvalue weighted by molar-refractivity contribution is -0.118. The molecular weight excluding hydrogens is 370 g/mol. The average Bonchev–Trinajstić information content (AvgIpc) is 3.31. The van der Waals surface area contributed by atoms with Crippen LogP contribution in [-0.2, 0) is 16.0 Å². The second-order valence-corrected chi connectivity index (χ2v) is 7.97. The molecule has 1 fully saturated rings. The first-order chi connectivity index (χ1) is 14.0. The lowest BCUT2D eigenvalue weighted by atomic mass is 10.1. The molecule has 5 rings (SSSR count). The summed E-state index contributed by atoms with van der Waals surface area (Å²) >= 11 is 0. The zero-order chi connectivity index (χ0) is 20.1. The summed E-state index contributed by atoms with van der Waals surface area (Å²) in [6, 6.07) is 4.18. The smallest absolute Gasteiger partial charge is 0.227 e. The van der Waals surface area contributed by atoms with E-state index in [9.17, 15) is 4.79 Å². The summed E-state index contributed by atoms with van der Waals surface area (Å²) in [6.45, 7) is 8.31. The van der Waals surface area contributed by atoms with E-state index in [0.29, 0.717) is 26.1 Å². The Morgan fingerprint density at radius 2 is 2.17 bits per heavy atom. The summed E-state index contributed by atoms with van der Waals surface area (Å²) in [6.07, 6.45) is 2.74. The number of anilines is 2. The Balaban J connectivity index is 1.79. The van der Waals surface area contributed by atoms with Gasteiger partial charge in [0.05, 0.1) is 42.2 Å². The highest BCUT2D eigenvalue weighted by Crippen LogP contribution is 2.38. The molecule has 0 aromatic carbocycles. The second-order valence-electron chi connectivity index (χ2n) is 7.97. The quantitative estimate of drug-likeness (QED) is 0.730. The van der Waals surface area contributed by atoms with E-state index in [0.717, 1.165) is 40.6 Å². The minimum atomic E-state index is 0.0458. The van der Waals surface area contributed by atoms with Gasteiger partial charge in [0, 0.05) is 37.6 Å². The summed E-state index contributed by atoms with van der Waals surface area (Å²) < 4.78 is 7.42. The van der Waals surface area contributed by atoms with E-state index in [4.69, 9.17) is 14.8 Å². The number of pyridine rings is 1. The molecule has 1 atom stereocenters. The Hall–Kier alpha value is -2.94. The number of ether oxygens (including phenoxy) is 1. The van der Waals surface area contributed by atoms with Crippen molar-refractivity contribution in [3.8, 4) is 5.82 Å². The SMILES string of the molecule is CC(C)N1C(=O)CCc2nn(-c3ccn[nH]3)c3nc(N4CCOC[C@H]4C)cc1c23. The number of H-pyrrole nitrogens is 1. The van der Waals surface area contributed by atoms with E-state index in [2.05, 4.69) is 28.1 Å². The van der Waals surface area contributed by atoms with Crippen LogP contribution in [0.25, 0.3) is 16.9 Å². The maximum absolute atomic E-state index is 12.9. The van der Waals surface area contributed by atoms with Crippen LogP contribution in [0.3, 0.4) is 0 Å². The maximum atomic E-state index is 12.9. The summed E-state index contributed by atoms with van der Waals surface area (Å²) in [4.78, 5) is 22.1. The van der Waals surface area contributed by atoms with Gasteiger partial charge in [0.25, 0.3) is 0 Å². The Morgan fingerprint density at radius 3 is 2.90 bits per heavy atom. The van der Waals surface area contributed by atoms with Crippen LogP contribution in [0.15, 0.2) is 18.3 Å². The topological polar surface area (TPSA) is 92.2 Å². The fourth-order valence-corrected chi connectivity index (χ4v) is 4.31. The third-order valence-electron chi connectivity index (χ3n) is 5.67. The molecule has 1 saturated heterocycles. The van der Waals surface area contributed by atoms with Crippen molar-refractivity contribution in [2.45, 2.75) is 45.7 Å². The van der Waals surface area contributed by atoms with Crippen molar-refractivity contribution in [1.29, 1.82) is 0 Å². The molecule has 152 valence electrons. The van der Waals surface area contributed by atoms with Gasteiger partial charge in [-0.3, -0.25) is 9.89 Å². The first-order valence-corrected chi connectivity index (χ1v) is 10.1. The Morgan fingerprint density at radius 1 is 1.31 bits per heavy atom. The lowest BCUT2D eigenvalue weighted by Gasteiger charge is -2.35. The van der Waals surface area contributed by atoms with Gasteiger partial charge in [0.2, 0.25) is 5.91 Å². The number of aryl methyl sites for hydroxylation is 1. The van der Waals surface area contributed by atoms with Gasteiger partial charge < -0.3 is 14.5 Å². The standard InChI is InChI=1S/C20H25N7O2/c1-12(2)26-15-10-17(25-8-9-29-11-13(25)3)22-20-19(15)14(4-5-18(26)28)24-27(20)16-6-7-21-23-16/h6-7,10,12-13H,4-5,8-9,11H2,1-3H3,(H,21,23)/t13-/m1/s1. The molecule has 0 unspecified atom stereocenters. The van der Waals surface area contributed by atoms with Gasteiger partial charge >= 0.3 is 0 Å². The highest BCUT2D eigenvalue weighted by Gasteiger charge is 2.31. The number of hydrogen-bond donors (Lipinski definition) is 1. The van der Waals surface area contributed by atoms with Gasteiger partial charge in [-0.25, -0.2) is 4.98 Å². The van der Waals surface area contributed by atoms with Gasteiger partial charge in [-0.1, -0.05) is 0 Å². The predicted molar refractivity (Wildman–Crippen MR) is 110 cm³/mol. The van der Waals surface area contributed by atoms with E-state index >= 15 is 0 Å². The molecule has 0 spiro atoms. The molecule has 0 bridgehead atoms. The molecule has 9 heteroatoms. The third-order valence-corrected chi connectivity index (χ3v) is 5.67. The van der Waals surface area contributed by atoms with E-state index in [1.807, 2.05) is 29.5 Å². The molecule has 9 nitrogen and oxygen atoms in total. The molecule has 0 radical (unpaired) electrons. The number of rotatable bonds is 3. The Labute approximate surface area is 168 Å². The molecule has 5 heterocycles.